The number of rotatable bonds is 14. The van der Waals surface area contributed by atoms with E-state index in [1.165, 1.54) is 7.11 Å². The van der Waals surface area contributed by atoms with Gasteiger partial charge in [-0.2, -0.15) is 8.78 Å². The first-order valence-corrected chi connectivity index (χ1v) is 7.72. The summed E-state index contributed by atoms with van der Waals surface area (Å²) in [4.78, 5) is 0. The van der Waals surface area contributed by atoms with Gasteiger partial charge in [-0.3, -0.25) is 0 Å². The second-order valence-electron chi connectivity index (χ2n) is 5.11. The van der Waals surface area contributed by atoms with Gasteiger partial charge in [0.25, 0.3) is 0 Å². The van der Waals surface area contributed by atoms with E-state index < -0.39 is 17.9 Å². The molecule has 0 fully saturated rings. The zero-order valence-electron chi connectivity index (χ0n) is 14.0. The van der Waals surface area contributed by atoms with Crippen LogP contribution in [0, 0.1) is 0 Å². The molecule has 0 aliphatic carbocycles. The minimum atomic E-state index is -2.03. The molecule has 1 unspecified atom stereocenters. The largest absolute Gasteiger partial charge is 0.463 e. The van der Waals surface area contributed by atoms with Crippen LogP contribution in [0.25, 0.3) is 0 Å². The molecule has 1 N–H and O–H groups in total. The maximum Gasteiger partial charge on any atom is 0.310 e. The van der Waals surface area contributed by atoms with E-state index in [1.54, 1.807) is 0 Å². The molecule has 134 valence electrons. The summed E-state index contributed by atoms with van der Waals surface area (Å²) in [7, 11) is 1.51. The Bertz CT molecular complexity index is 377. The number of hydrogen-bond acceptors (Lipinski definition) is 4. The summed E-state index contributed by atoms with van der Waals surface area (Å²) in [5.41, 5.74) is 1.06. The first-order chi connectivity index (χ1) is 11.0. The molecule has 0 bridgehead atoms. The third-order valence-electron chi connectivity index (χ3n) is 3.14. The van der Waals surface area contributed by atoms with E-state index in [-0.39, 0.29) is 19.8 Å². The molecular weight excluding hydrogens is 306 g/mol. The van der Waals surface area contributed by atoms with Gasteiger partial charge in [-0.1, -0.05) is 17.7 Å². The normalized spacial score (nSPS) is 12.8. The van der Waals surface area contributed by atoms with E-state index >= 15 is 0 Å². The number of methoxy groups -OCH3 is 1. The Hall–Kier alpha value is -1.24. The number of ether oxygens (including phenoxy) is 3. The molecule has 0 rings (SSSR count). The van der Waals surface area contributed by atoms with Crippen LogP contribution in [0.4, 0.5) is 8.78 Å². The van der Waals surface area contributed by atoms with Gasteiger partial charge in [-0.15, -0.1) is 6.58 Å². The SMILES string of the molecule is C=CCCCC=C(C)CCC(O)C(OCOCCOC)=C(F)F. The van der Waals surface area contributed by atoms with Crippen molar-refractivity contribution in [3.05, 3.63) is 36.1 Å². The summed E-state index contributed by atoms with van der Waals surface area (Å²) in [6, 6.07) is 0. The summed E-state index contributed by atoms with van der Waals surface area (Å²) in [6.45, 7) is 5.81. The van der Waals surface area contributed by atoms with Gasteiger partial charge in [-0.25, -0.2) is 0 Å². The van der Waals surface area contributed by atoms with Crippen molar-refractivity contribution in [3.8, 4) is 0 Å². The Labute approximate surface area is 137 Å². The molecule has 4 nitrogen and oxygen atoms in total. The molecule has 0 aliphatic heterocycles. The zero-order chi connectivity index (χ0) is 17.5. The Morgan fingerprint density at radius 1 is 1.26 bits per heavy atom. The minimum Gasteiger partial charge on any atom is -0.463 e. The van der Waals surface area contributed by atoms with Crippen LogP contribution in [0.3, 0.4) is 0 Å². The van der Waals surface area contributed by atoms with Gasteiger partial charge in [0.05, 0.1) is 13.2 Å². The number of halogens is 2. The lowest BCUT2D eigenvalue weighted by Crippen LogP contribution is -2.16. The number of aliphatic hydroxyl groups is 1. The van der Waals surface area contributed by atoms with Crippen molar-refractivity contribution in [3.63, 3.8) is 0 Å². The molecule has 0 aliphatic rings. The first kappa shape index (κ1) is 21.8. The number of aliphatic hydroxyl groups excluding tert-OH is 1. The molecule has 0 saturated carbocycles. The van der Waals surface area contributed by atoms with Crippen LogP contribution in [-0.4, -0.2) is 38.3 Å². The van der Waals surface area contributed by atoms with Crippen molar-refractivity contribution in [1.29, 1.82) is 0 Å². The summed E-state index contributed by atoms with van der Waals surface area (Å²) in [5, 5.41) is 9.86. The lowest BCUT2D eigenvalue weighted by molar-refractivity contribution is -0.0598. The molecule has 0 aromatic rings. The van der Waals surface area contributed by atoms with Crippen LogP contribution in [0.2, 0.25) is 0 Å². The summed E-state index contributed by atoms with van der Waals surface area (Å²) < 4.78 is 40.2. The van der Waals surface area contributed by atoms with E-state index in [4.69, 9.17) is 14.2 Å². The second kappa shape index (κ2) is 14.4. The fourth-order valence-electron chi connectivity index (χ4n) is 1.79. The third-order valence-corrected chi connectivity index (χ3v) is 3.14. The lowest BCUT2D eigenvalue weighted by Gasteiger charge is -2.15. The van der Waals surface area contributed by atoms with E-state index in [0.29, 0.717) is 13.0 Å². The van der Waals surface area contributed by atoms with Gasteiger partial charge in [0, 0.05) is 7.11 Å². The highest BCUT2D eigenvalue weighted by molar-refractivity contribution is 5.04. The highest BCUT2D eigenvalue weighted by atomic mass is 19.3. The molecule has 1 atom stereocenters. The van der Waals surface area contributed by atoms with Crippen molar-refractivity contribution in [1.82, 2.24) is 0 Å². The highest BCUT2D eigenvalue weighted by Crippen LogP contribution is 2.19. The van der Waals surface area contributed by atoms with Crippen molar-refractivity contribution >= 4 is 0 Å². The van der Waals surface area contributed by atoms with Crippen molar-refractivity contribution in [2.45, 2.75) is 45.1 Å². The van der Waals surface area contributed by atoms with E-state index in [0.717, 1.165) is 24.8 Å². The average Bonchev–Trinajstić information content (AvgIpc) is 2.52. The Morgan fingerprint density at radius 3 is 2.61 bits per heavy atom. The molecule has 0 amide bonds. The standard InChI is InChI=1S/C17H28F2O4/c1-4-5-6-7-8-14(2)9-10-15(20)16(17(18)19)23-13-22-12-11-21-3/h4,8,15,20H,1,5-7,9-13H2,2-3H3. The molecule has 0 spiro atoms. The number of unbranched alkanes of at least 4 members (excludes halogenated alkanes) is 2. The van der Waals surface area contributed by atoms with E-state index in [9.17, 15) is 13.9 Å². The third kappa shape index (κ3) is 11.9. The van der Waals surface area contributed by atoms with Gasteiger partial charge in [-0.05, 0) is 39.0 Å². The van der Waals surface area contributed by atoms with Gasteiger partial charge >= 0.3 is 6.08 Å². The van der Waals surface area contributed by atoms with Crippen LogP contribution in [-0.2, 0) is 14.2 Å². The number of allylic oxidation sites excluding steroid dienone is 3. The fourth-order valence-corrected chi connectivity index (χ4v) is 1.79. The molecule has 0 aromatic carbocycles. The first-order valence-electron chi connectivity index (χ1n) is 7.72. The predicted octanol–water partition coefficient (Wildman–Crippen LogP) is 4.18. The number of hydrogen-bond donors (Lipinski definition) is 1. The molecule has 6 heteroatoms. The van der Waals surface area contributed by atoms with Crippen LogP contribution in [0.15, 0.2) is 36.1 Å². The monoisotopic (exact) mass is 334 g/mol. The Kier molecular flexibility index (Phi) is 13.6. The minimum absolute atomic E-state index is 0.175. The fraction of sp³-hybridized carbons (Fsp3) is 0.647. The predicted molar refractivity (Wildman–Crippen MR) is 86.1 cm³/mol. The topological polar surface area (TPSA) is 47.9 Å². The zero-order valence-corrected chi connectivity index (χ0v) is 14.0. The van der Waals surface area contributed by atoms with Crippen molar-refractivity contribution in [2.24, 2.45) is 0 Å². The molecule has 0 aromatic heterocycles. The molecular formula is C17H28F2O4. The smallest absolute Gasteiger partial charge is 0.310 e. The van der Waals surface area contributed by atoms with E-state index in [2.05, 4.69) is 12.7 Å². The summed E-state index contributed by atoms with van der Waals surface area (Å²) in [5.74, 6) is -0.720. The molecule has 23 heavy (non-hydrogen) atoms. The van der Waals surface area contributed by atoms with Crippen molar-refractivity contribution < 1.29 is 28.1 Å². The van der Waals surface area contributed by atoms with Crippen LogP contribution in [0.1, 0.15) is 39.0 Å². The average molecular weight is 334 g/mol. The maximum atomic E-state index is 12.8. The van der Waals surface area contributed by atoms with Crippen LogP contribution in [0.5, 0.6) is 0 Å². The highest BCUT2D eigenvalue weighted by Gasteiger charge is 2.19. The lowest BCUT2D eigenvalue weighted by atomic mass is 10.1. The quantitative estimate of drug-likeness (QED) is 0.224. The van der Waals surface area contributed by atoms with Gasteiger partial charge in [0.2, 0.25) is 0 Å². The van der Waals surface area contributed by atoms with Crippen LogP contribution >= 0.6 is 0 Å². The maximum absolute atomic E-state index is 12.8. The van der Waals surface area contributed by atoms with Gasteiger partial charge in [0.1, 0.15) is 6.10 Å². The molecule has 0 radical (unpaired) electrons. The summed E-state index contributed by atoms with van der Waals surface area (Å²) >= 11 is 0. The van der Waals surface area contributed by atoms with Gasteiger partial charge in [0.15, 0.2) is 12.6 Å². The summed E-state index contributed by atoms with van der Waals surface area (Å²) in [6.07, 6.45) is 4.12. The molecule has 0 heterocycles. The van der Waals surface area contributed by atoms with Crippen LogP contribution < -0.4 is 0 Å². The second-order valence-corrected chi connectivity index (χ2v) is 5.11. The van der Waals surface area contributed by atoms with Crippen molar-refractivity contribution in [2.75, 3.05) is 27.1 Å². The molecule has 0 saturated heterocycles. The Morgan fingerprint density at radius 2 is 2.00 bits per heavy atom. The van der Waals surface area contributed by atoms with Gasteiger partial charge < -0.3 is 19.3 Å². The van der Waals surface area contributed by atoms with E-state index in [1.807, 2.05) is 13.0 Å². The Balaban J connectivity index is 4.18.